The molecule has 33 heavy (non-hydrogen) atoms. The molecule has 10 heteroatoms. The fraction of sp³-hybridized carbons (Fsp3) is 0.130. The van der Waals surface area contributed by atoms with Gasteiger partial charge in [0, 0.05) is 0 Å². The number of para-hydroxylation sites is 2. The van der Waals surface area contributed by atoms with Crippen LogP contribution in [0, 0.1) is 0 Å². The Kier molecular flexibility index (Phi) is 8.57. The molecule has 1 unspecified atom stereocenters. The fourth-order valence-electron chi connectivity index (χ4n) is 2.84. The number of carbonyl (C=O) groups excluding carboxylic acids is 1. The Morgan fingerprint density at radius 1 is 0.970 bits per heavy atom. The van der Waals surface area contributed by atoms with Gasteiger partial charge in [0.2, 0.25) is 0 Å². The summed E-state index contributed by atoms with van der Waals surface area (Å²) in [6.45, 7) is 1.26. The van der Waals surface area contributed by atoms with Gasteiger partial charge in [0.05, 0.1) is 0 Å². The molecule has 0 aliphatic rings. The maximum atomic E-state index is 13.7. The Bertz CT molecular complexity index is 1210. The Labute approximate surface area is 202 Å². The van der Waals surface area contributed by atoms with E-state index < -0.39 is 27.8 Å². The number of hydrogen-bond donors (Lipinski definition) is 2. The summed E-state index contributed by atoms with van der Waals surface area (Å²) in [5.41, 5.74) is 1.01. The molecule has 7 nitrogen and oxygen atoms in total. The van der Waals surface area contributed by atoms with Crippen LogP contribution in [-0.4, -0.2) is 51.0 Å². The van der Waals surface area contributed by atoms with Gasteiger partial charge in [0.1, 0.15) is 0 Å². The average Bonchev–Trinajstić information content (AvgIpc) is 2.83. The van der Waals surface area contributed by atoms with Crippen molar-refractivity contribution in [3.05, 3.63) is 84.9 Å². The van der Waals surface area contributed by atoms with E-state index in [-0.39, 0.29) is 24.6 Å². The first kappa shape index (κ1) is 24.9. The second-order valence-corrected chi connectivity index (χ2v) is 12.9. The van der Waals surface area contributed by atoms with E-state index in [1.807, 2.05) is 18.2 Å². The number of carboxylic acid groups (broad SMARTS) is 1. The second-order valence-electron chi connectivity index (χ2n) is 6.82. The van der Waals surface area contributed by atoms with Gasteiger partial charge >= 0.3 is 203 Å². The van der Waals surface area contributed by atoms with E-state index >= 15 is 0 Å². The zero-order valence-corrected chi connectivity index (χ0v) is 21.0. The molecule has 1 atom stereocenters. The molecule has 172 valence electrons. The molecule has 0 aliphatic heterocycles. The predicted octanol–water partition coefficient (Wildman–Crippen LogP) is 2.78. The van der Waals surface area contributed by atoms with Crippen LogP contribution in [0.15, 0.2) is 89.8 Å². The normalized spacial score (nSPS) is 12.0. The van der Waals surface area contributed by atoms with E-state index in [1.165, 1.54) is 14.5 Å². The number of hydrogen-bond acceptors (Lipinski definition) is 5. The van der Waals surface area contributed by atoms with Gasteiger partial charge in [0.25, 0.3) is 0 Å². The number of aliphatic carboxylic acids is 1. The van der Waals surface area contributed by atoms with Gasteiger partial charge in [-0.1, -0.05) is 0 Å². The van der Waals surface area contributed by atoms with Gasteiger partial charge in [-0.25, -0.2) is 0 Å². The molecule has 0 radical (unpaired) electrons. The number of anilines is 2. The quantitative estimate of drug-likeness (QED) is 0.377. The van der Waals surface area contributed by atoms with Crippen molar-refractivity contribution in [1.29, 1.82) is 0 Å². The van der Waals surface area contributed by atoms with E-state index in [0.29, 0.717) is 11.4 Å². The number of nitrogens with one attached hydrogen (secondary N) is 1. The summed E-state index contributed by atoms with van der Waals surface area (Å²) in [5.74, 6) is -1.49. The number of benzene rings is 3. The summed E-state index contributed by atoms with van der Waals surface area (Å²) in [7, 11) is -2.55. The van der Waals surface area contributed by atoms with Crippen LogP contribution in [-0.2, 0) is 19.6 Å². The summed E-state index contributed by atoms with van der Waals surface area (Å²) in [5, 5.41) is 10.6. The van der Waals surface area contributed by atoms with Gasteiger partial charge in [-0.2, -0.15) is 0 Å². The summed E-state index contributed by atoms with van der Waals surface area (Å²) in [6, 6.07) is 24.3. The van der Waals surface area contributed by atoms with Crippen molar-refractivity contribution in [1.82, 2.24) is 5.32 Å². The van der Waals surface area contributed by atoms with Crippen LogP contribution >= 0.6 is 10.2 Å². The second kappa shape index (κ2) is 11.4. The first-order valence-electron chi connectivity index (χ1n) is 9.88. The molecular formula is C23H22N2O5S2Se. The van der Waals surface area contributed by atoms with Gasteiger partial charge in [0.15, 0.2) is 0 Å². The van der Waals surface area contributed by atoms with Crippen LogP contribution in [0.3, 0.4) is 0 Å². The van der Waals surface area contributed by atoms with Crippen molar-refractivity contribution in [2.75, 3.05) is 10.8 Å². The van der Waals surface area contributed by atoms with E-state index in [2.05, 4.69) is 5.32 Å². The molecule has 3 aromatic rings. The van der Waals surface area contributed by atoms with Crippen molar-refractivity contribution in [3.63, 3.8) is 0 Å². The van der Waals surface area contributed by atoms with Crippen LogP contribution < -0.4 is 14.1 Å². The predicted molar refractivity (Wildman–Crippen MR) is 132 cm³/mol. The molecular weight excluding hydrogens is 527 g/mol. The third-order valence-electron chi connectivity index (χ3n) is 4.42. The van der Waals surface area contributed by atoms with Crippen LogP contribution in [0.4, 0.5) is 11.4 Å². The first-order valence-corrected chi connectivity index (χ1v) is 15.1. The molecule has 0 saturated carbocycles. The van der Waals surface area contributed by atoms with Gasteiger partial charge < -0.3 is 0 Å². The van der Waals surface area contributed by atoms with E-state index in [4.69, 9.17) is 5.11 Å². The molecule has 0 bridgehead atoms. The van der Waals surface area contributed by atoms with Crippen LogP contribution in [0.2, 0.25) is 0 Å². The number of sulfonamides is 1. The van der Waals surface area contributed by atoms with Crippen molar-refractivity contribution in [3.8, 4) is 0 Å². The minimum atomic E-state index is -3.91. The minimum absolute atomic E-state index is 0.172. The zero-order valence-electron chi connectivity index (χ0n) is 17.6. The summed E-state index contributed by atoms with van der Waals surface area (Å²) in [6.07, 6.45) is 0. The Morgan fingerprint density at radius 2 is 1.55 bits per heavy atom. The third-order valence-corrected chi connectivity index (χ3v) is 11.2. The standard InChI is InChI=1S/C23H22N2O5S2Se/c1-17(23(28)24-16-22(26)27)31-33-21-15-9-8-14-20(21)25(18-10-4-2-5-11-18)32(29,30)19-12-6-3-7-13-19/h2-15,17H,16H2,1H3,(H,24,28)(H,26,27). The van der Waals surface area contributed by atoms with Gasteiger partial charge in [-0.3, -0.25) is 0 Å². The average molecular weight is 550 g/mol. The molecule has 2 N–H and O–H groups in total. The Morgan fingerprint density at radius 3 is 2.18 bits per heavy atom. The number of nitrogens with zero attached hydrogens (tertiary/aromatic N) is 1. The number of carbonyl (C=O) groups is 2. The summed E-state index contributed by atoms with van der Waals surface area (Å²) in [4.78, 5) is 23.0. The molecule has 3 aromatic carbocycles. The van der Waals surface area contributed by atoms with E-state index in [0.717, 1.165) is 4.46 Å². The monoisotopic (exact) mass is 550 g/mol. The third kappa shape index (κ3) is 6.39. The van der Waals surface area contributed by atoms with Crippen molar-refractivity contribution >= 4 is 61.8 Å². The summed E-state index contributed by atoms with van der Waals surface area (Å²) < 4.78 is 29.5. The van der Waals surface area contributed by atoms with Gasteiger partial charge in [-0.15, -0.1) is 0 Å². The number of carboxylic acids is 1. The van der Waals surface area contributed by atoms with E-state index in [1.54, 1.807) is 73.7 Å². The topological polar surface area (TPSA) is 104 Å². The zero-order chi connectivity index (χ0) is 23.8. The molecule has 0 aromatic heterocycles. The van der Waals surface area contributed by atoms with Crippen LogP contribution in [0.5, 0.6) is 0 Å². The Hall–Kier alpha value is -2.78. The molecule has 0 heterocycles. The van der Waals surface area contributed by atoms with Crippen LogP contribution in [0.25, 0.3) is 0 Å². The molecule has 0 fully saturated rings. The SMILES string of the molecule is CC(S[Se]c1ccccc1N(c1ccccc1)S(=O)(=O)c1ccccc1)C(=O)NCC(=O)O. The van der Waals surface area contributed by atoms with Gasteiger partial charge in [-0.05, 0) is 0 Å². The summed E-state index contributed by atoms with van der Waals surface area (Å²) >= 11 is -0.324. The number of amides is 1. The molecule has 3 rings (SSSR count). The molecule has 0 spiro atoms. The van der Waals surface area contributed by atoms with Crippen molar-refractivity contribution in [2.45, 2.75) is 17.1 Å². The maximum absolute atomic E-state index is 13.7. The van der Waals surface area contributed by atoms with E-state index in [9.17, 15) is 18.0 Å². The fourth-order valence-corrected chi connectivity index (χ4v) is 8.55. The van der Waals surface area contributed by atoms with Crippen molar-refractivity contribution in [2.24, 2.45) is 0 Å². The molecule has 1 amide bonds. The van der Waals surface area contributed by atoms with Crippen molar-refractivity contribution < 1.29 is 23.1 Å². The Balaban J connectivity index is 1.95. The van der Waals surface area contributed by atoms with Crippen LogP contribution in [0.1, 0.15) is 6.92 Å². The number of rotatable bonds is 10. The first-order chi connectivity index (χ1) is 15.8. The molecule has 0 aliphatic carbocycles. The molecule has 0 saturated heterocycles.